The van der Waals surface area contributed by atoms with Crippen LogP contribution in [0.5, 0.6) is 0 Å². The molecule has 0 amide bonds. The van der Waals surface area contributed by atoms with Crippen molar-refractivity contribution in [2.45, 2.75) is 84.3 Å². The molecular weight excluding hydrogens is 222 g/mol. The Hall–Kier alpha value is -0.0800. The molecule has 0 spiro atoms. The van der Waals surface area contributed by atoms with Crippen molar-refractivity contribution in [3.63, 3.8) is 0 Å². The molecule has 0 bridgehead atoms. The molecule has 1 saturated heterocycles. The smallest absolute Gasteiger partial charge is 0.0718 e. The molecule has 18 heavy (non-hydrogen) atoms. The van der Waals surface area contributed by atoms with E-state index in [1.54, 1.807) is 0 Å². The molecule has 108 valence electrons. The minimum absolute atomic E-state index is 0.0542. The first kappa shape index (κ1) is 16.0. The van der Waals surface area contributed by atoms with Crippen LogP contribution in [-0.2, 0) is 0 Å². The highest BCUT2D eigenvalue weighted by Crippen LogP contribution is 2.26. The molecule has 1 N–H and O–H groups in total. The second kappa shape index (κ2) is 7.49. The maximum Gasteiger partial charge on any atom is 0.0718 e. The van der Waals surface area contributed by atoms with Crippen molar-refractivity contribution in [2.75, 3.05) is 13.1 Å². The van der Waals surface area contributed by atoms with Gasteiger partial charge in [-0.25, -0.2) is 0 Å². The van der Waals surface area contributed by atoms with Crippen LogP contribution in [0, 0.1) is 5.92 Å². The van der Waals surface area contributed by atoms with E-state index < -0.39 is 0 Å². The first-order valence-electron chi connectivity index (χ1n) is 7.87. The summed E-state index contributed by atoms with van der Waals surface area (Å²) in [6.07, 6.45) is 8.44. The number of aliphatic hydroxyl groups excluding tert-OH is 1. The predicted molar refractivity (Wildman–Crippen MR) is 78.8 cm³/mol. The van der Waals surface area contributed by atoms with Gasteiger partial charge in [0, 0.05) is 5.54 Å². The van der Waals surface area contributed by atoms with Gasteiger partial charge in [0.2, 0.25) is 0 Å². The van der Waals surface area contributed by atoms with Gasteiger partial charge in [0.05, 0.1) is 6.10 Å². The molecule has 1 fully saturated rings. The van der Waals surface area contributed by atoms with Gasteiger partial charge in [0.25, 0.3) is 0 Å². The van der Waals surface area contributed by atoms with Crippen LogP contribution in [0.3, 0.4) is 0 Å². The van der Waals surface area contributed by atoms with E-state index in [1.165, 1.54) is 32.1 Å². The molecule has 1 heterocycles. The molecule has 0 aromatic heterocycles. The van der Waals surface area contributed by atoms with Crippen LogP contribution in [0.4, 0.5) is 0 Å². The van der Waals surface area contributed by atoms with Crippen LogP contribution in [0.15, 0.2) is 0 Å². The van der Waals surface area contributed by atoms with E-state index in [0.717, 1.165) is 31.8 Å². The topological polar surface area (TPSA) is 23.5 Å². The Labute approximate surface area is 114 Å². The van der Waals surface area contributed by atoms with Crippen molar-refractivity contribution < 1.29 is 5.11 Å². The molecule has 2 nitrogen and oxygen atoms in total. The van der Waals surface area contributed by atoms with E-state index in [4.69, 9.17) is 0 Å². The number of hydrogen-bond donors (Lipinski definition) is 1. The van der Waals surface area contributed by atoms with Crippen LogP contribution in [-0.4, -0.2) is 34.7 Å². The molecule has 0 aliphatic carbocycles. The summed E-state index contributed by atoms with van der Waals surface area (Å²) in [5.41, 5.74) is -0.0542. The lowest BCUT2D eigenvalue weighted by molar-refractivity contribution is -0.0142. The zero-order valence-electron chi connectivity index (χ0n) is 12.9. The maximum atomic E-state index is 10.5. The predicted octanol–water partition coefficient (Wildman–Crippen LogP) is 3.83. The number of likely N-dealkylation sites (tertiary alicyclic amines) is 1. The number of aliphatic hydroxyl groups is 1. The molecule has 0 saturated carbocycles. The van der Waals surface area contributed by atoms with Crippen molar-refractivity contribution >= 4 is 0 Å². The summed E-state index contributed by atoms with van der Waals surface area (Å²) in [7, 11) is 0. The van der Waals surface area contributed by atoms with Gasteiger partial charge in [-0.3, -0.25) is 4.90 Å². The fourth-order valence-corrected chi connectivity index (χ4v) is 2.93. The van der Waals surface area contributed by atoms with E-state index in [-0.39, 0.29) is 11.6 Å². The molecule has 0 aromatic carbocycles. The van der Waals surface area contributed by atoms with E-state index in [1.807, 2.05) is 0 Å². The van der Waals surface area contributed by atoms with Crippen LogP contribution in [0.25, 0.3) is 0 Å². The van der Waals surface area contributed by atoms with Crippen molar-refractivity contribution in [1.82, 2.24) is 4.90 Å². The van der Waals surface area contributed by atoms with E-state index in [0.29, 0.717) is 0 Å². The molecular formula is C16H33NO. The average Bonchev–Trinajstić information content (AvgIpc) is 2.57. The minimum atomic E-state index is -0.186. The minimum Gasteiger partial charge on any atom is -0.391 e. The van der Waals surface area contributed by atoms with Gasteiger partial charge in [0.15, 0.2) is 0 Å². The maximum absolute atomic E-state index is 10.5. The second-order valence-corrected chi connectivity index (χ2v) is 6.90. The Bertz CT molecular complexity index is 217. The Morgan fingerprint density at radius 3 is 2.06 bits per heavy atom. The van der Waals surface area contributed by atoms with Gasteiger partial charge in [-0.2, -0.15) is 0 Å². The molecule has 1 aliphatic rings. The van der Waals surface area contributed by atoms with Crippen LogP contribution < -0.4 is 0 Å². The van der Waals surface area contributed by atoms with Crippen molar-refractivity contribution in [2.24, 2.45) is 5.92 Å². The molecule has 0 aromatic rings. The van der Waals surface area contributed by atoms with Crippen LogP contribution in [0.1, 0.15) is 72.6 Å². The molecule has 0 radical (unpaired) electrons. The van der Waals surface area contributed by atoms with Gasteiger partial charge in [0.1, 0.15) is 0 Å². The zero-order chi connectivity index (χ0) is 13.6. The van der Waals surface area contributed by atoms with Gasteiger partial charge in [-0.1, -0.05) is 39.5 Å². The van der Waals surface area contributed by atoms with Gasteiger partial charge < -0.3 is 5.11 Å². The summed E-state index contributed by atoms with van der Waals surface area (Å²) in [5.74, 6) is 0.749. The normalized spacial score (nSPS) is 21.0. The van der Waals surface area contributed by atoms with Crippen molar-refractivity contribution in [3.05, 3.63) is 0 Å². The van der Waals surface area contributed by atoms with Crippen molar-refractivity contribution in [1.29, 1.82) is 0 Å². The number of rotatable bonds is 6. The van der Waals surface area contributed by atoms with E-state index >= 15 is 0 Å². The third-order valence-corrected chi connectivity index (χ3v) is 4.50. The van der Waals surface area contributed by atoms with Gasteiger partial charge in [-0.15, -0.1) is 0 Å². The molecule has 1 rings (SSSR count). The summed E-state index contributed by atoms with van der Waals surface area (Å²) >= 11 is 0. The fraction of sp³-hybridized carbons (Fsp3) is 1.00. The quantitative estimate of drug-likeness (QED) is 0.780. The first-order chi connectivity index (χ1) is 8.44. The highest BCUT2D eigenvalue weighted by Gasteiger charge is 2.33. The first-order valence-corrected chi connectivity index (χ1v) is 7.87. The average molecular weight is 255 g/mol. The largest absolute Gasteiger partial charge is 0.391 e. The lowest BCUT2D eigenvalue weighted by atomic mass is 9.89. The SMILES string of the molecule is CC(C)CCCC(O)C(C)(C)N1CCCCCC1. The van der Waals surface area contributed by atoms with E-state index in [9.17, 15) is 5.11 Å². The fourth-order valence-electron chi connectivity index (χ4n) is 2.93. The molecule has 1 unspecified atom stereocenters. The Morgan fingerprint density at radius 1 is 1.00 bits per heavy atom. The molecule has 1 aliphatic heterocycles. The summed E-state index contributed by atoms with van der Waals surface area (Å²) < 4.78 is 0. The van der Waals surface area contributed by atoms with Gasteiger partial charge in [-0.05, 0) is 52.1 Å². The summed E-state index contributed by atoms with van der Waals surface area (Å²) in [6, 6.07) is 0. The lowest BCUT2D eigenvalue weighted by Crippen LogP contribution is -2.52. The van der Waals surface area contributed by atoms with Crippen molar-refractivity contribution in [3.8, 4) is 0 Å². The summed E-state index contributed by atoms with van der Waals surface area (Å²) in [5, 5.41) is 10.5. The molecule has 2 heteroatoms. The summed E-state index contributed by atoms with van der Waals surface area (Å²) in [6.45, 7) is 11.3. The second-order valence-electron chi connectivity index (χ2n) is 6.90. The highest BCUT2D eigenvalue weighted by molar-refractivity contribution is 4.89. The monoisotopic (exact) mass is 255 g/mol. The summed E-state index contributed by atoms with van der Waals surface area (Å²) in [4.78, 5) is 2.51. The van der Waals surface area contributed by atoms with E-state index in [2.05, 4.69) is 32.6 Å². The Kier molecular flexibility index (Phi) is 6.65. The standard InChI is InChI=1S/C16H33NO/c1-14(2)10-9-11-15(18)16(3,4)17-12-7-5-6-8-13-17/h14-15,18H,5-13H2,1-4H3. The molecule has 1 atom stereocenters. The third kappa shape index (κ3) is 4.89. The third-order valence-electron chi connectivity index (χ3n) is 4.50. The lowest BCUT2D eigenvalue weighted by Gasteiger charge is -2.41. The van der Waals surface area contributed by atoms with Gasteiger partial charge >= 0.3 is 0 Å². The Morgan fingerprint density at radius 2 is 1.56 bits per heavy atom. The van der Waals surface area contributed by atoms with Crippen LogP contribution >= 0.6 is 0 Å². The van der Waals surface area contributed by atoms with Crippen LogP contribution in [0.2, 0.25) is 0 Å². The zero-order valence-corrected chi connectivity index (χ0v) is 12.9. The number of nitrogens with zero attached hydrogens (tertiary/aromatic N) is 1. The highest BCUT2D eigenvalue weighted by atomic mass is 16.3. The number of hydrogen-bond acceptors (Lipinski definition) is 2. The Balaban J connectivity index is 2.43.